The van der Waals surface area contributed by atoms with Crippen molar-refractivity contribution < 1.29 is 9.18 Å². The molecule has 1 aromatic carbocycles. The number of anilines is 1. The molecule has 1 aromatic heterocycles. The van der Waals surface area contributed by atoms with E-state index >= 15 is 0 Å². The molecular weight excluding hydrogens is 255 g/mol. The first-order valence-electron chi connectivity index (χ1n) is 5.25. The molecule has 0 atom stereocenters. The largest absolute Gasteiger partial charge is 0.384 e. The van der Waals surface area contributed by atoms with Crippen molar-refractivity contribution in [1.29, 1.82) is 0 Å². The van der Waals surface area contributed by atoms with Crippen LogP contribution in [0.5, 0.6) is 0 Å². The third-order valence-corrected chi connectivity index (χ3v) is 2.74. The standard InChI is InChI=1S/C13H10ClFN2O/c14-10-7-9(1-2-11(10)15)12(18)5-8-3-4-17-13(16)6-8/h1-4,6-7H,5H2,(H2,16,17). The summed E-state index contributed by atoms with van der Waals surface area (Å²) in [5.41, 5.74) is 6.65. The molecule has 2 rings (SSSR count). The number of nitrogens with two attached hydrogens (primary N) is 1. The van der Waals surface area contributed by atoms with Crippen LogP contribution in [-0.4, -0.2) is 10.8 Å². The molecule has 1 heterocycles. The van der Waals surface area contributed by atoms with Gasteiger partial charge in [-0.3, -0.25) is 4.79 Å². The molecule has 3 nitrogen and oxygen atoms in total. The van der Waals surface area contributed by atoms with Crippen molar-refractivity contribution >= 4 is 23.2 Å². The smallest absolute Gasteiger partial charge is 0.167 e. The van der Waals surface area contributed by atoms with Gasteiger partial charge in [-0.15, -0.1) is 0 Å². The molecule has 0 saturated carbocycles. The molecule has 0 fully saturated rings. The highest BCUT2D eigenvalue weighted by atomic mass is 35.5. The number of hydrogen-bond acceptors (Lipinski definition) is 3. The van der Waals surface area contributed by atoms with Gasteiger partial charge < -0.3 is 5.73 Å². The fourth-order valence-corrected chi connectivity index (χ4v) is 1.74. The first kappa shape index (κ1) is 12.5. The van der Waals surface area contributed by atoms with Gasteiger partial charge in [-0.05, 0) is 35.9 Å². The van der Waals surface area contributed by atoms with Gasteiger partial charge in [0.25, 0.3) is 0 Å². The predicted octanol–water partition coefficient (Wildman–Crippen LogP) is 2.88. The Hall–Kier alpha value is -1.94. The number of nitrogens with zero attached hydrogens (tertiary/aromatic N) is 1. The molecule has 0 aliphatic carbocycles. The van der Waals surface area contributed by atoms with Crippen LogP contribution in [0.25, 0.3) is 0 Å². The normalized spacial score (nSPS) is 10.3. The number of carbonyl (C=O) groups is 1. The highest BCUT2D eigenvalue weighted by Crippen LogP contribution is 2.17. The van der Waals surface area contributed by atoms with Crippen LogP contribution >= 0.6 is 11.6 Å². The third-order valence-electron chi connectivity index (χ3n) is 2.45. The van der Waals surface area contributed by atoms with E-state index < -0.39 is 5.82 Å². The van der Waals surface area contributed by atoms with E-state index in [1.54, 1.807) is 12.1 Å². The Morgan fingerprint density at radius 1 is 1.33 bits per heavy atom. The summed E-state index contributed by atoms with van der Waals surface area (Å²) in [6.45, 7) is 0. The summed E-state index contributed by atoms with van der Waals surface area (Å²) in [6, 6.07) is 7.25. The molecule has 0 aliphatic heterocycles. The van der Waals surface area contributed by atoms with Crippen LogP contribution < -0.4 is 5.73 Å². The molecule has 2 N–H and O–H groups in total. The van der Waals surface area contributed by atoms with Gasteiger partial charge in [0.15, 0.2) is 5.78 Å². The monoisotopic (exact) mass is 264 g/mol. The van der Waals surface area contributed by atoms with Crippen molar-refractivity contribution in [2.24, 2.45) is 0 Å². The number of rotatable bonds is 3. The lowest BCUT2D eigenvalue weighted by Gasteiger charge is -2.03. The minimum absolute atomic E-state index is 0.0601. The molecule has 0 spiro atoms. The second kappa shape index (κ2) is 5.14. The van der Waals surface area contributed by atoms with Crippen molar-refractivity contribution in [3.63, 3.8) is 0 Å². The molecular formula is C13H10ClFN2O. The Kier molecular flexibility index (Phi) is 3.58. The van der Waals surface area contributed by atoms with E-state index in [4.69, 9.17) is 17.3 Å². The van der Waals surface area contributed by atoms with Gasteiger partial charge in [-0.2, -0.15) is 0 Å². The lowest BCUT2D eigenvalue weighted by molar-refractivity contribution is 0.0993. The van der Waals surface area contributed by atoms with E-state index in [2.05, 4.69) is 4.98 Å². The molecule has 2 aromatic rings. The average molecular weight is 265 g/mol. The first-order valence-corrected chi connectivity index (χ1v) is 5.63. The lowest BCUT2D eigenvalue weighted by atomic mass is 10.0. The first-order chi connectivity index (χ1) is 8.56. The van der Waals surface area contributed by atoms with Crippen molar-refractivity contribution in [1.82, 2.24) is 4.98 Å². The summed E-state index contributed by atoms with van der Waals surface area (Å²) in [7, 11) is 0. The predicted molar refractivity (Wildman–Crippen MR) is 68.1 cm³/mol. The van der Waals surface area contributed by atoms with Crippen molar-refractivity contribution in [3.8, 4) is 0 Å². The maximum Gasteiger partial charge on any atom is 0.167 e. The number of pyridine rings is 1. The van der Waals surface area contributed by atoms with Gasteiger partial charge in [0.2, 0.25) is 0 Å². The summed E-state index contributed by atoms with van der Waals surface area (Å²) in [4.78, 5) is 15.8. The van der Waals surface area contributed by atoms with Gasteiger partial charge in [-0.25, -0.2) is 9.37 Å². The van der Waals surface area contributed by atoms with Crippen LogP contribution in [0.2, 0.25) is 5.02 Å². The molecule has 0 amide bonds. The van der Waals surface area contributed by atoms with Gasteiger partial charge in [0.1, 0.15) is 11.6 Å². The van der Waals surface area contributed by atoms with Crippen LogP contribution in [0.15, 0.2) is 36.5 Å². The van der Waals surface area contributed by atoms with Gasteiger partial charge in [0.05, 0.1) is 5.02 Å². The second-order valence-corrected chi connectivity index (χ2v) is 4.22. The zero-order valence-electron chi connectivity index (χ0n) is 9.36. The minimum atomic E-state index is -0.540. The summed E-state index contributed by atoms with van der Waals surface area (Å²) in [5, 5.41) is -0.0601. The average Bonchev–Trinajstić information content (AvgIpc) is 2.32. The Morgan fingerprint density at radius 2 is 2.11 bits per heavy atom. The number of hydrogen-bond donors (Lipinski definition) is 1. The summed E-state index contributed by atoms with van der Waals surface area (Å²) < 4.78 is 13.0. The molecule has 0 aliphatic rings. The van der Waals surface area contributed by atoms with E-state index in [0.29, 0.717) is 11.4 Å². The van der Waals surface area contributed by atoms with Crippen LogP contribution in [0, 0.1) is 5.82 Å². The Balaban J connectivity index is 2.19. The number of benzene rings is 1. The van der Waals surface area contributed by atoms with E-state index in [1.165, 1.54) is 24.4 Å². The van der Waals surface area contributed by atoms with Crippen molar-refractivity contribution in [2.75, 3.05) is 5.73 Å². The SMILES string of the molecule is Nc1cc(CC(=O)c2ccc(F)c(Cl)c2)ccn1. The summed E-state index contributed by atoms with van der Waals surface area (Å²) in [5.74, 6) is -0.332. The zero-order valence-corrected chi connectivity index (χ0v) is 10.1. The Labute approximate surface area is 108 Å². The number of carbonyl (C=O) groups excluding carboxylic acids is 1. The second-order valence-electron chi connectivity index (χ2n) is 3.82. The zero-order chi connectivity index (χ0) is 13.1. The third kappa shape index (κ3) is 2.84. The summed E-state index contributed by atoms with van der Waals surface area (Å²) in [6.07, 6.45) is 1.71. The number of halogens is 2. The number of Topliss-reactive ketones (excluding diaryl/α,β-unsaturated/α-hetero) is 1. The quantitative estimate of drug-likeness (QED) is 0.868. The van der Waals surface area contributed by atoms with Crippen molar-refractivity contribution in [3.05, 3.63) is 58.5 Å². The van der Waals surface area contributed by atoms with Gasteiger partial charge >= 0.3 is 0 Å². The molecule has 0 radical (unpaired) electrons. The highest BCUT2D eigenvalue weighted by Gasteiger charge is 2.10. The highest BCUT2D eigenvalue weighted by molar-refractivity contribution is 6.31. The van der Waals surface area contributed by atoms with E-state index in [-0.39, 0.29) is 17.2 Å². The fraction of sp³-hybridized carbons (Fsp3) is 0.0769. The van der Waals surface area contributed by atoms with Crippen LogP contribution in [0.4, 0.5) is 10.2 Å². The minimum Gasteiger partial charge on any atom is -0.384 e. The molecule has 92 valence electrons. The molecule has 0 bridgehead atoms. The van der Waals surface area contributed by atoms with Crippen LogP contribution in [0.3, 0.4) is 0 Å². The van der Waals surface area contributed by atoms with E-state index in [1.807, 2.05) is 0 Å². The Bertz CT molecular complexity index is 601. The number of nitrogen functional groups attached to an aromatic ring is 1. The molecule has 0 unspecified atom stereocenters. The van der Waals surface area contributed by atoms with Crippen molar-refractivity contribution in [2.45, 2.75) is 6.42 Å². The number of ketones is 1. The van der Waals surface area contributed by atoms with Crippen LogP contribution in [0.1, 0.15) is 15.9 Å². The lowest BCUT2D eigenvalue weighted by Crippen LogP contribution is -2.04. The van der Waals surface area contributed by atoms with E-state index in [0.717, 1.165) is 5.56 Å². The number of aromatic nitrogens is 1. The maximum atomic E-state index is 13.0. The molecule has 18 heavy (non-hydrogen) atoms. The Morgan fingerprint density at radius 3 is 2.78 bits per heavy atom. The van der Waals surface area contributed by atoms with Gasteiger partial charge in [0, 0.05) is 18.2 Å². The molecule has 0 saturated heterocycles. The molecule has 5 heteroatoms. The van der Waals surface area contributed by atoms with Gasteiger partial charge in [-0.1, -0.05) is 11.6 Å². The van der Waals surface area contributed by atoms with E-state index in [9.17, 15) is 9.18 Å². The van der Waals surface area contributed by atoms with Crippen LogP contribution in [-0.2, 0) is 6.42 Å². The summed E-state index contributed by atoms with van der Waals surface area (Å²) >= 11 is 5.63. The fourth-order valence-electron chi connectivity index (χ4n) is 1.56. The topological polar surface area (TPSA) is 56.0 Å². The maximum absolute atomic E-state index is 13.0.